The highest BCUT2D eigenvalue weighted by Crippen LogP contribution is 2.41. The number of thioether (sulfide) groups is 1. The Kier molecular flexibility index (Phi) is 5.98. The number of hydrogen-bond acceptors (Lipinski definition) is 7. The zero-order valence-corrected chi connectivity index (χ0v) is 16.4. The molecule has 0 radical (unpaired) electrons. The van der Waals surface area contributed by atoms with E-state index in [4.69, 9.17) is 4.74 Å². The number of ether oxygens (including phenoxy) is 1. The van der Waals surface area contributed by atoms with Crippen molar-refractivity contribution in [1.29, 1.82) is 0 Å². The van der Waals surface area contributed by atoms with Crippen molar-refractivity contribution in [2.24, 2.45) is 0 Å². The summed E-state index contributed by atoms with van der Waals surface area (Å²) in [4.78, 5) is 33.8. The molecular formula is C19H19N3O3S2. The third-order valence-electron chi connectivity index (χ3n) is 3.94. The van der Waals surface area contributed by atoms with Crippen molar-refractivity contribution in [3.8, 4) is 0 Å². The molecule has 0 amide bonds. The van der Waals surface area contributed by atoms with Crippen LogP contribution < -0.4 is 10.9 Å². The van der Waals surface area contributed by atoms with Gasteiger partial charge in [-0.2, -0.15) is 0 Å². The Morgan fingerprint density at radius 3 is 2.93 bits per heavy atom. The fraction of sp³-hybridized carbons (Fsp3) is 0.211. The molecule has 1 unspecified atom stereocenters. The largest absolute Gasteiger partial charge is 0.458 e. The summed E-state index contributed by atoms with van der Waals surface area (Å²) < 4.78 is 5.26. The van der Waals surface area contributed by atoms with Crippen LogP contribution in [-0.2, 0) is 9.53 Å². The minimum absolute atomic E-state index is 0.103. The molecule has 2 N–H and O–H groups in total. The van der Waals surface area contributed by atoms with Gasteiger partial charge in [-0.1, -0.05) is 36.6 Å². The van der Waals surface area contributed by atoms with Crippen molar-refractivity contribution < 1.29 is 9.53 Å². The topological polar surface area (TPSA) is 84.1 Å². The lowest BCUT2D eigenvalue weighted by atomic mass is 9.86. The Hall–Kier alpha value is -2.58. The molecular weight excluding hydrogens is 382 g/mol. The van der Waals surface area contributed by atoms with Gasteiger partial charge in [0.1, 0.15) is 12.4 Å². The zero-order chi connectivity index (χ0) is 19.4. The number of carbonyl (C=O) groups excluding carboxylic acids is 1. The molecule has 140 valence electrons. The number of fused-ring (bicyclic) bond motifs is 1. The second-order valence-electron chi connectivity index (χ2n) is 5.73. The van der Waals surface area contributed by atoms with Gasteiger partial charge in [-0.05, 0) is 18.4 Å². The Labute approximate surface area is 165 Å². The van der Waals surface area contributed by atoms with Crippen LogP contribution in [0.1, 0.15) is 23.3 Å². The molecule has 3 heterocycles. The summed E-state index contributed by atoms with van der Waals surface area (Å²) in [7, 11) is 0. The van der Waals surface area contributed by atoms with E-state index < -0.39 is 11.9 Å². The van der Waals surface area contributed by atoms with E-state index >= 15 is 0 Å². The highest BCUT2D eigenvalue weighted by atomic mass is 32.2. The fourth-order valence-electron chi connectivity index (χ4n) is 2.86. The number of carbonyl (C=O) groups is 1. The fourth-order valence-corrected chi connectivity index (χ4v) is 4.30. The minimum Gasteiger partial charge on any atom is -0.458 e. The Morgan fingerprint density at radius 1 is 1.44 bits per heavy atom. The first-order valence-corrected chi connectivity index (χ1v) is 10.1. The second-order valence-corrected chi connectivity index (χ2v) is 7.72. The van der Waals surface area contributed by atoms with Crippen molar-refractivity contribution in [2.45, 2.75) is 18.0 Å². The lowest BCUT2D eigenvalue weighted by Gasteiger charge is -2.27. The van der Waals surface area contributed by atoms with Crippen LogP contribution in [0.2, 0.25) is 0 Å². The molecule has 0 saturated carbocycles. The van der Waals surface area contributed by atoms with E-state index in [0.717, 1.165) is 4.88 Å². The number of anilines is 1. The van der Waals surface area contributed by atoms with Crippen LogP contribution in [-0.4, -0.2) is 28.3 Å². The van der Waals surface area contributed by atoms with Gasteiger partial charge in [0.2, 0.25) is 0 Å². The maximum Gasteiger partial charge on any atom is 0.337 e. The predicted molar refractivity (Wildman–Crippen MR) is 109 cm³/mol. The Morgan fingerprint density at radius 2 is 2.26 bits per heavy atom. The van der Waals surface area contributed by atoms with Crippen LogP contribution in [0.3, 0.4) is 0 Å². The summed E-state index contributed by atoms with van der Waals surface area (Å²) in [5.74, 6) is 0.0764. The number of esters is 1. The number of nitrogens with zero attached hydrogens (tertiary/aromatic N) is 1. The molecule has 2 aromatic rings. The van der Waals surface area contributed by atoms with Gasteiger partial charge < -0.3 is 15.0 Å². The molecule has 0 bridgehead atoms. The van der Waals surface area contributed by atoms with Crippen LogP contribution in [0.25, 0.3) is 0 Å². The van der Waals surface area contributed by atoms with E-state index in [1.807, 2.05) is 17.5 Å². The number of hydrogen-bond donors (Lipinski definition) is 2. The van der Waals surface area contributed by atoms with Crippen molar-refractivity contribution in [2.75, 3.05) is 17.7 Å². The Bertz CT molecular complexity index is 961. The smallest absolute Gasteiger partial charge is 0.337 e. The normalized spacial score (nSPS) is 15.7. The van der Waals surface area contributed by atoms with Gasteiger partial charge in [-0.25, -0.2) is 9.78 Å². The van der Waals surface area contributed by atoms with Gasteiger partial charge in [0.05, 0.1) is 17.1 Å². The van der Waals surface area contributed by atoms with Gasteiger partial charge >= 0.3 is 5.97 Å². The molecule has 1 aliphatic heterocycles. The number of allylic oxidation sites excluding steroid dienone is 1. The van der Waals surface area contributed by atoms with Crippen LogP contribution >= 0.6 is 23.1 Å². The van der Waals surface area contributed by atoms with Crippen LogP contribution in [0.4, 0.5) is 5.82 Å². The third-order valence-corrected chi connectivity index (χ3v) is 5.74. The van der Waals surface area contributed by atoms with Crippen molar-refractivity contribution in [3.63, 3.8) is 0 Å². The first-order chi connectivity index (χ1) is 13.1. The van der Waals surface area contributed by atoms with Gasteiger partial charge in [-0.3, -0.25) is 4.79 Å². The number of H-pyrrole nitrogens is 1. The quantitative estimate of drug-likeness (QED) is 0.319. The van der Waals surface area contributed by atoms with Crippen molar-refractivity contribution >= 4 is 34.9 Å². The maximum absolute atomic E-state index is 12.9. The average Bonchev–Trinajstić information content (AvgIpc) is 3.17. The first kappa shape index (κ1) is 19.2. The molecule has 27 heavy (non-hydrogen) atoms. The average molecular weight is 402 g/mol. The van der Waals surface area contributed by atoms with Crippen molar-refractivity contribution in [1.82, 2.24) is 9.97 Å². The van der Waals surface area contributed by atoms with Crippen LogP contribution in [0, 0.1) is 0 Å². The predicted octanol–water partition coefficient (Wildman–Crippen LogP) is 3.67. The summed E-state index contributed by atoms with van der Waals surface area (Å²) in [6.07, 6.45) is 3.25. The summed E-state index contributed by atoms with van der Waals surface area (Å²) >= 11 is 2.86. The summed E-state index contributed by atoms with van der Waals surface area (Å²) in [5.41, 5.74) is 1.16. The van der Waals surface area contributed by atoms with Crippen molar-refractivity contribution in [3.05, 3.63) is 74.9 Å². The molecule has 0 saturated heterocycles. The van der Waals surface area contributed by atoms with E-state index in [1.165, 1.54) is 29.2 Å². The molecule has 0 spiro atoms. The van der Waals surface area contributed by atoms with E-state index in [-0.39, 0.29) is 12.2 Å². The summed E-state index contributed by atoms with van der Waals surface area (Å²) in [6.45, 7) is 9.13. The number of thiophene rings is 1. The van der Waals surface area contributed by atoms with Gasteiger partial charge in [0, 0.05) is 16.3 Å². The number of nitrogens with one attached hydrogen (secondary N) is 2. The SMILES string of the molecule is C=CCOC(=O)C1=C(C)Nc2nc(SCC=C)[nH]c(=O)c2C1c1cccs1. The summed E-state index contributed by atoms with van der Waals surface area (Å²) in [6, 6.07) is 3.79. The molecule has 0 fully saturated rings. The molecule has 0 aromatic carbocycles. The van der Waals surface area contributed by atoms with E-state index in [1.54, 1.807) is 13.0 Å². The third kappa shape index (κ3) is 3.91. The molecule has 0 aliphatic carbocycles. The van der Waals surface area contributed by atoms with Gasteiger partial charge in [-0.15, -0.1) is 17.9 Å². The van der Waals surface area contributed by atoms with Crippen LogP contribution in [0.5, 0.6) is 0 Å². The molecule has 6 nitrogen and oxygen atoms in total. The zero-order valence-electron chi connectivity index (χ0n) is 14.8. The molecule has 3 rings (SSSR count). The highest BCUT2D eigenvalue weighted by Gasteiger charge is 2.36. The molecule has 1 aliphatic rings. The maximum atomic E-state index is 12.9. The van der Waals surface area contributed by atoms with E-state index in [2.05, 4.69) is 28.4 Å². The molecule has 1 atom stereocenters. The molecule has 2 aromatic heterocycles. The minimum atomic E-state index is -0.534. The van der Waals surface area contributed by atoms with E-state index in [0.29, 0.717) is 33.6 Å². The van der Waals surface area contributed by atoms with E-state index in [9.17, 15) is 9.59 Å². The number of aromatic amines is 1. The number of rotatable bonds is 7. The highest BCUT2D eigenvalue weighted by molar-refractivity contribution is 7.99. The molecule has 8 heteroatoms. The number of aromatic nitrogens is 2. The standard InChI is InChI=1S/C19H19N3O3S2/c1-4-8-25-18(24)13-11(3)20-16-15(14(13)12-7-6-10-26-12)17(23)22-19(21-16)27-9-5-2/h4-7,10,14H,1-2,8-9H2,3H3,(H2,20,21,22,23). The summed E-state index contributed by atoms with van der Waals surface area (Å²) in [5, 5.41) is 5.52. The second kappa shape index (κ2) is 8.41. The van der Waals surface area contributed by atoms with Gasteiger partial charge in [0.25, 0.3) is 5.56 Å². The monoisotopic (exact) mass is 401 g/mol. The lowest BCUT2D eigenvalue weighted by molar-refractivity contribution is -0.138. The Balaban J connectivity index is 2.13. The first-order valence-electron chi connectivity index (χ1n) is 8.24. The van der Waals surface area contributed by atoms with Crippen LogP contribution in [0.15, 0.2) is 64.0 Å². The van der Waals surface area contributed by atoms with Gasteiger partial charge in [0.15, 0.2) is 5.16 Å². The lowest BCUT2D eigenvalue weighted by Crippen LogP contribution is -2.30.